The van der Waals surface area contributed by atoms with Crippen molar-refractivity contribution in [1.82, 2.24) is 4.90 Å². The summed E-state index contributed by atoms with van der Waals surface area (Å²) >= 11 is 5.81. The molecule has 0 spiro atoms. The zero-order valence-corrected chi connectivity index (χ0v) is 10.8. The molecule has 6 heteroatoms. The molecule has 2 nitrogen and oxygen atoms in total. The molecule has 0 aliphatic carbocycles. The van der Waals surface area contributed by atoms with Crippen molar-refractivity contribution in [3.8, 4) is 0 Å². The molecule has 0 unspecified atom stereocenters. The minimum Gasteiger partial charge on any atom is -0.345 e. The van der Waals surface area contributed by atoms with Crippen molar-refractivity contribution >= 4 is 18.0 Å². The Labute approximate surface area is 114 Å². The normalized spacial score (nSPS) is 17.6. The fourth-order valence-electron chi connectivity index (χ4n) is 2.45. The Morgan fingerprint density at radius 2 is 1.89 bits per heavy atom. The molecule has 1 amide bonds. The molecule has 2 rings (SSSR count). The number of halogens is 4. The third-order valence-electron chi connectivity index (χ3n) is 3.44. The first-order valence-electron chi connectivity index (χ1n) is 5.98. The highest BCUT2D eigenvalue weighted by Gasteiger charge is 2.35. The van der Waals surface area contributed by atoms with Crippen molar-refractivity contribution in [3.63, 3.8) is 0 Å². The number of hydrogen-bond acceptors (Lipinski definition) is 1. The molecule has 1 aromatic carbocycles. The molecular weight excluding hydrogens is 279 g/mol. The van der Waals surface area contributed by atoms with Crippen LogP contribution in [0.5, 0.6) is 0 Å². The molecule has 0 bridgehead atoms. The SMILES string of the molecule is O=CN1CCC(c2cc(Cl)ccc2C(F)(F)F)CC1. The molecule has 1 saturated heterocycles. The van der Waals surface area contributed by atoms with Crippen LogP contribution in [0.3, 0.4) is 0 Å². The summed E-state index contributed by atoms with van der Waals surface area (Å²) in [7, 11) is 0. The molecule has 0 N–H and O–H groups in total. The molecule has 1 aliphatic rings. The summed E-state index contributed by atoms with van der Waals surface area (Å²) in [6.07, 6.45) is -2.58. The first kappa shape index (κ1) is 14.2. The van der Waals surface area contributed by atoms with Crippen molar-refractivity contribution in [1.29, 1.82) is 0 Å². The van der Waals surface area contributed by atoms with Gasteiger partial charge in [-0.25, -0.2) is 0 Å². The standard InChI is InChI=1S/C13H13ClF3NO/c14-10-1-2-12(13(15,16)17)11(7-10)9-3-5-18(8-19)6-4-9/h1-2,7-9H,3-6H2. The number of rotatable bonds is 2. The van der Waals surface area contributed by atoms with Gasteiger partial charge >= 0.3 is 6.18 Å². The van der Waals surface area contributed by atoms with Crippen LogP contribution in [0, 0.1) is 0 Å². The number of carbonyl (C=O) groups excluding carboxylic acids is 1. The summed E-state index contributed by atoms with van der Waals surface area (Å²) in [6, 6.07) is 3.68. The van der Waals surface area contributed by atoms with Gasteiger partial charge in [-0.3, -0.25) is 4.79 Å². The van der Waals surface area contributed by atoms with Gasteiger partial charge in [-0.1, -0.05) is 11.6 Å². The highest BCUT2D eigenvalue weighted by molar-refractivity contribution is 6.30. The van der Waals surface area contributed by atoms with E-state index < -0.39 is 11.7 Å². The summed E-state index contributed by atoms with van der Waals surface area (Å²) in [5.41, 5.74) is -0.382. The Hall–Kier alpha value is -1.23. The lowest BCUT2D eigenvalue weighted by Gasteiger charge is -2.31. The van der Waals surface area contributed by atoms with Crippen molar-refractivity contribution in [2.24, 2.45) is 0 Å². The van der Waals surface area contributed by atoms with Crippen LogP contribution in [0.1, 0.15) is 29.9 Å². The van der Waals surface area contributed by atoms with E-state index in [4.69, 9.17) is 11.6 Å². The maximum absolute atomic E-state index is 13.0. The average molecular weight is 292 g/mol. The molecule has 19 heavy (non-hydrogen) atoms. The topological polar surface area (TPSA) is 20.3 Å². The second-order valence-corrected chi connectivity index (χ2v) is 5.08. The number of amides is 1. The van der Waals surface area contributed by atoms with Gasteiger partial charge in [-0.15, -0.1) is 0 Å². The van der Waals surface area contributed by atoms with E-state index in [1.165, 1.54) is 12.1 Å². The van der Waals surface area contributed by atoms with E-state index in [1.54, 1.807) is 4.90 Å². The van der Waals surface area contributed by atoms with E-state index in [0.29, 0.717) is 31.0 Å². The van der Waals surface area contributed by atoms with E-state index in [1.807, 2.05) is 0 Å². The lowest BCUT2D eigenvalue weighted by Crippen LogP contribution is -2.32. The Kier molecular flexibility index (Phi) is 4.04. The summed E-state index contributed by atoms with van der Waals surface area (Å²) in [6.45, 7) is 0.968. The molecule has 0 aromatic heterocycles. The largest absolute Gasteiger partial charge is 0.416 e. The monoisotopic (exact) mass is 291 g/mol. The summed E-state index contributed by atoms with van der Waals surface area (Å²) in [5.74, 6) is -0.202. The third kappa shape index (κ3) is 3.21. The van der Waals surface area contributed by atoms with Gasteiger partial charge in [-0.2, -0.15) is 13.2 Å². The van der Waals surface area contributed by atoms with Crippen LogP contribution in [0.2, 0.25) is 5.02 Å². The fourth-order valence-corrected chi connectivity index (χ4v) is 2.63. The third-order valence-corrected chi connectivity index (χ3v) is 3.67. The summed E-state index contributed by atoms with van der Waals surface area (Å²) < 4.78 is 38.9. The first-order chi connectivity index (χ1) is 8.91. The number of carbonyl (C=O) groups is 1. The van der Waals surface area contributed by atoms with Crippen LogP contribution in [0.25, 0.3) is 0 Å². The number of piperidine rings is 1. The molecule has 1 fully saturated rings. The quantitative estimate of drug-likeness (QED) is 0.761. The van der Waals surface area contributed by atoms with Gasteiger partial charge in [0, 0.05) is 18.1 Å². The van der Waals surface area contributed by atoms with Gasteiger partial charge in [0.05, 0.1) is 5.56 Å². The van der Waals surface area contributed by atoms with Gasteiger partial charge in [0.25, 0.3) is 0 Å². The molecule has 0 atom stereocenters. The Morgan fingerprint density at radius 3 is 2.42 bits per heavy atom. The van der Waals surface area contributed by atoms with Gasteiger partial charge in [-0.05, 0) is 42.5 Å². The van der Waals surface area contributed by atoms with Crippen LogP contribution in [0.15, 0.2) is 18.2 Å². The van der Waals surface area contributed by atoms with Crippen molar-refractivity contribution in [2.45, 2.75) is 24.9 Å². The summed E-state index contributed by atoms with van der Waals surface area (Å²) in [4.78, 5) is 12.2. The molecular formula is C13H13ClF3NO. The molecule has 104 valence electrons. The van der Waals surface area contributed by atoms with Crippen LogP contribution in [-0.4, -0.2) is 24.4 Å². The Balaban J connectivity index is 2.29. The molecule has 1 heterocycles. The second kappa shape index (κ2) is 5.41. The second-order valence-electron chi connectivity index (χ2n) is 4.64. The maximum Gasteiger partial charge on any atom is 0.416 e. The number of benzene rings is 1. The fraction of sp³-hybridized carbons (Fsp3) is 0.462. The lowest BCUT2D eigenvalue weighted by molar-refractivity contribution is -0.138. The van der Waals surface area contributed by atoms with E-state index in [0.717, 1.165) is 12.5 Å². The Bertz CT molecular complexity index is 467. The lowest BCUT2D eigenvalue weighted by atomic mass is 9.86. The van der Waals surface area contributed by atoms with E-state index in [-0.39, 0.29) is 11.5 Å². The van der Waals surface area contributed by atoms with Gasteiger partial charge in [0.1, 0.15) is 0 Å². The van der Waals surface area contributed by atoms with Gasteiger partial charge in [0.2, 0.25) is 6.41 Å². The van der Waals surface area contributed by atoms with Crippen LogP contribution in [0.4, 0.5) is 13.2 Å². The van der Waals surface area contributed by atoms with E-state index in [2.05, 4.69) is 0 Å². The van der Waals surface area contributed by atoms with Crippen LogP contribution >= 0.6 is 11.6 Å². The zero-order chi connectivity index (χ0) is 14.0. The number of nitrogens with zero attached hydrogens (tertiary/aromatic N) is 1. The Morgan fingerprint density at radius 1 is 1.26 bits per heavy atom. The van der Waals surface area contributed by atoms with Gasteiger partial charge in [0.15, 0.2) is 0 Å². The molecule has 1 aliphatic heterocycles. The first-order valence-corrected chi connectivity index (χ1v) is 6.35. The predicted molar refractivity (Wildman–Crippen MR) is 66.1 cm³/mol. The average Bonchev–Trinajstić information content (AvgIpc) is 2.37. The predicted octanol–water partition coefficient (Wildman–Crippen LogP) is 3.69. The van der Waals surface area contributed by atoms with E-state index in [9.17, 15) is 18.0 Å². The smallest absolute Gasteiger partial charge is 0.345 e. The summed E-state index contributed by atoms with van der Waals surface area (Å²) in [5, 5.41) is 0.306. The van der Waals surface area contributed by atoms with Crippen LogP contribution < -0.4 is 0 Å². The highest BCUT2D eigenvalue weighted by Crippen LogP contribution is 2.39. The molecule has 1 aromatic rings. The molecule has 0 radical (unpaired) electrons. The number of hydrogen-bond donors (Lipinski definition) is 0. The van der Waals surface area contributed by atoms with Crippen molar-refractivity contribution < 1.29 is 18.0 Å². The van der Waals surface area contributed by atoms with E-state index >= 15 is 0 Å². The number of alkyl halides is 3. The van der Waals surface area contributed by atoms with Gasteiger partial charge < -0.3 is 4.90 Å². The molecule has 0 saturated carbocycles. The van der Waals surface area contributed by atoms with Crippen molar-refractivity contribution in [2.75, 3.05) is 13.1 Å². The number of likely N-dealkylation sites (tertiary alicyclic amines) is 1. The highest BCUT2D eigenvalue weighted by atomic mass is 35.5. The minimum absolute atomic E-state index is 0.202. The minimum atomic E-state index is -4.37. The van der Waals surface area contributed by atoms with Crippen molar-refractivity contribution in [3.05, 3.63) is 34.3 Å². The van der Waals surface area contributed by atoms with Crippen LogP contribution in [-0.2, 0) is 11.0 Å². The zero-order valence-electron chi connectivity index (χ0n) is 10.1. The maximum atomic E-state index is 13.0.